The molecule has 6 heteroatoms. The van der Waals surface area contributed by atoms with Gasteiger partial charge < -0.3 is 14.6 Å². The molecule has 1 N–H and O–H groups in total. The first-order valence-electron chi connectivity index (χ1n) is 6.07. The average molecular weight is 290 g/mol. The molecule has 0 amide bonds. The SMILES string of the molecule is C=C(C)C(=O)OCC(O)COC(=O)CSCC(C)C. The third-order valence-electron chi connectivity index (χ3n) is 1.86. The van der Waals surface area contributed by atoms with E-state index in [2.05, 4.69) is 20.4 Å². The molecular weight excluding hydrogens is 268 g/mol. The number of aliphatic hydroxyl groups excluding tert-OH is 1. The van der Waals surface area contributed by atoms with Gasteiger partial charge in [-0.25, -0.2) is 4.79 Å². The van der Waals surface area contributed by atoms with Crippen molar-refractivity contribution in [2.75, 3.05) is 24.7 Å². The van der Waals surface area contributed by atoms with E-state index in [1.54, 1.807) is 0 Å². The summed E-state index contributed by atoms with van der Waals surface area (Å²) in [6, 6.07) is 0. The highest BCUT2D eigenvalue weighted by Gasteiger charge is 2.12. The minimum Gasteiger partial charge on any atom is -0.462 e. The zero-order valence-electron chi connectivity index (χ0n) is 11.7. The van der Waals surface area contributed by atoms with E-state index in [0.717, 1.165) is 5.75 Å². The molecule has 0 aliphatic heterocycles. The highest BCUT2D eigenvalue weighted by atomic mass is 32.2. The second kappa shape index (κ2) is 9.86. The van der Waals surface area contributed by atoms with Gasteiger partial charge in [-0.1, -0.05) is 20.4 Å². The number of carbonyl (C=O) groups is 2. The molecule has 0 bridgehead atoms. The number of rotatable bonds is 9. The lowest BCUT2D eigenvalue weighted by molar-refractivity contribution is -0.148. The molecule has 0 fully saturated rings. The Bertz CT molecular complexity index is 314. The molecule has 5 nitrogen and oxygen atoms in total. The monoisotopic (exact) mass is 290 g/mol. The lowest BCUT2D eigenvalue weighted by atomic mass is 10.3. The van der Waals surface area contributed by atoms with Crippen molar-refractivity contribution in [2.45, 2.75) is 26.9 Å². The number of ether oxygens (including phenoxy) is 2. The second-order valence-electron chi connectivity index (χ2n) is 4.62. The van der Waals surface area contributed by atoms with E-state index in [1.807, 2.05) is 0 Å². The fourth-order valence-corrected chi connectivity index (χ4v) is 1.79. The second-order valence-corrected chi connectivity index (χ2v) is 5.65. The Hall–Kier alpha value is -1.01. The number of hydrogen-bond acceptors (Lipinski definition) is 6. The van der Waals surface area contributed by atoms with E-state index in [1.165, 1.54) is 18.7 Å². The fraction of sp³-hybridized carbons (Fsp3) is 0.692. The van der Waals surface area contributed by atoms with Gasteiger partial charge in [0, 0.05) is 5.57 Å². The van der Waals surface area contributed by atoms with Crippen LogP contribution in [0.3, 0.4) is 0 Å². The van der Waals surface area contributed by atoms with Gasteiger partial charge in [-0.3, -0.25) is 4.79 Å². The van der Waals surface area contributed by atoms with Gasteiger partial charge in [0.2, 0.25) is 0 Å². The van der Waals surface area contributed by atoms with Crippen LogP contribution >= 0.6 is 11.8 Å². The van der Waals surface area contributed by atoms with E-state index in [4.69, 9.17) is 9.47 Å². The Kier molecular flexibility index (Phi) is 9.34. The van der Waals surface area contributed by atoms with Crippen molar-refractivity contribution in [1.82, 2.24) is 0 Å². The van der Waals surface area contributed by atoms with Crippen LogP contribution in [-0.4, -0.2) is 47.9 Å². The van der Waals surface area contributed by atoms with Gasteiger partial charge in [0.15, 0.2) is 0 Å². The summed E-state index contributed by atoms with van der Waals surface area (Å²) in [4.78, 5) is 22.3. The van der Waals surface area contributed by atoms with Crippen LogP contribution in [0.25, 0.3) is 0 Å². The van der Waals surface area contributed by atoms with Crippen molar-refractivity contribution >= 4 is 23.7 Å². The Morgan fingerprint density at radius 1 is 1.26 bits per heavy atom. The largest absolute Gasteiger partial charge is 0.462 e. The van der Waals surface area contributed by atoms with E-state index in [0.29, 0.717) is 5.92 Å². The number of carbonyl (C=O) groups excluding carboxylic acids is 2. The van der Waals surface area contributed by atoms with E-state index in [-0.39, 0.29) is 30.5 Å². The zero-order chi connectivity index (χ0) is 14.8. The molecule has 0 saturated carbocycles. The maximum atomic E-state index is 11.3. The van der Waals surface area contributed by atoms with E-state index >= 15 is 0 Å². The number of thioether (sulfide) groups is 1. The number of hydrogen-bond donors (Lipinski definition) is 1. The molecule has 0 spiro atoms. The third kappa shape index (κ3) is 10.6. The first-order valence-corrected chi connectivity index (χ1v) is 7.22. The molecular formula is C13H22O5S. The lowest BCUT2D eigenvalue weighted by Gasteiger charge is -2.12. The minimum absolute atomic E-state index is 0.176. The maximum absolute atomic E-state index is 11.3. The molecule has 0 radical (unpaired) electrons. The Labute approximate surface area is 118 Å². The molecule has 0 aromatic heterocycles. The lowest BCUT2D eigenvalue weighted by Crippen LogP contribution is -2.26. The van der Waals surface area contributed by atoms with Crippen LogP contribution in [0, 0.1) is 5.92 Å². The standard InChI is InChI=1S/C13H22O5S/c1-9(2)7-19-8-12(15)17-5-11(14)6-18-13(16)10(3)4/h9,11,14H,3,5-8H2,1-2,4H3. The molecule has 0 rings (SSSR count). The van der Waals surface area contributed by atoms with Crippen LogP contribution in [0.5, 0.6) is 0 Å². The smallest absolute Gasteiger partial charge is 0.333 e. The predicted molar refractivity (Wildman–Crippen MR) is 74.9 cm³/mol. The topological polar surface area (TPSA) is 72.8 Å². The quantitative estimate of drug-likeness (QED) is 0.511. The van der Waals surface area contributed by atoms with Crippen LogP contribution in [0.2, 0.25) is 0 Å². The van der Waals surface area contributed by atoms with Gasteiger partial charge in [0.1, 0.15) is 19.3 Å². The molecule has 19 heavy (non-hydrogen) atoms. The van der Waals surface area contributed by atoms with E-state index in [9.17, 15) is 14.7 Å². The molecule has 0 heterocycles. The number of aliphatic hydroxyl groups is 1. The van der Waals surface area contributed by atoms with Crippen molar-refractivity contribution in [2.24, 2.45) is 5.92 Å². The Morgan fingerprint density at radius 3 is 2.37 bits per heavy atom. The predicted octanol–water partition coefficient (Wildman–Crippen LogP) is 1.40. The summed E-state index contributed by atoms with van der Waals surface area (Å²) in [6.07, 6.45) is -1.01. The summed E-state index contributed by atoms with van der Waals surface area (Å²) < 4.78 is 9.58. The van der Waals surface area contributed by atoms with Gasteiger partial charge in [-0.05, 0) is 18.6 Å². The molecule has 110 valence electrons. The number of esters is 2. The van der Waals surface area contributed by atoms with Crippen LogP contribution < -0.4 is 0 Å². The van der Waals surface area contributed by atoms with Gasteiger partial charge in [0.25, 0.3) is 0 Å². The fourth-order valence-electron chi connectivity index (χ4n) is 0.952. The van der Waals surface area contributed by atoms with E-state index < -0.39 is 12.1 Å². The normalized spacial score (nSPS) is 12.1. The summed E-state index contributed by atoms with van der Waals surface area (Å²) >= 11 is 1.49. The molecule has 0 aromatic rings. The molecule has 0 saturated heterocycles. The molecule has 1 unspecified atom stereocenters. The first-order chi connectivity index (χ1) is 8.82. The zero-order valence-corrected chi connectivity index (χ0v) is 12.5. The first kappa shape index (κ1) is 18.0. The molecule has 0 aromatic carbocycles. The van der Waals surface area contributed by atoms with Gasteiger partial charge in [-0.2, -0.15) is 0 Å². The summed E-state index contributed by atoms with van der Waals surface area (Å²) in [5, 5.41) is 9.45. The average Bonchev–Trinajstić information content (AvgIpc) is 2.32. The van der Waals surface area contributed by atoms with Crippen LogP contribution in [-0.2, 0) is 19.1 Å². The Morgan fingerprint density at radius 2 is 1.84 bits per heavy atom. The molecule has 0 aliphatic carbocycles. The summed E-state index contributed by atoms with van der Waals surface area (Å²) in [5.74, 6) is 0.711. The van der Waals surface area contributed by atoms with Crippen LogP contribution in [0.1, 0.15) is 20.8 Å². The molecule has 1 atom stereocenters. The highest BCUT2D eigenvalue weighted by Crippen LogP contribution is 2.07. The van der Waals surface area contributed by atoms with Gasteiger partial charge >= 0.3 is 11.9 Å². The Balaban J connectivity index is 3.66. The van der Waals surface area contributed by atoms with Crippen LogP contribution in [0.4, 0.5) is 0 Å². The summed E-state index contributed by atoms with van der Waals surface area (Å²) in [5.41, 5.74) is 0.259. The maximum Gasteiger partial charge on any atom is 0.333 e. The molecule has 0 aliphatic rings. The summed E-state index contributed by atoms with van der Waals surface area (Å²) in [6.45, 7) is 8.67. The van der Waals surface area contributed by atoms with Crippen molar-refractivity contribution in [1.29, 1.82) is 0 Å². The van der Waals surface area contributed by atoms with Crippen LogP contribution in [0.15, 0.2) is 12.2 Å². The summed E-state index contributed by atoms with van der Waals surface area (Å²) in [7, 11) is 0. The highest BCUT2D eigenvalue weighted by molar-refractivity contribution is 7.99. The van der Waals surface area contributed by atoms with Crippen molar-refractivity contribution < 1.29 is 24.2 Å². The van der Waals surface area contributed by atoms with Crippen molar-refractivity contribution in [3.8, 4) is 0 Å². The van der Waals surface area contributed by atoms with Gasteiger partial charge in [-0.15, -0.1) is 11.8 Å². The van der Waals surface area contributed by atoms with Crippen molar-refractivity contribution in [3.05, 3.63) is 12.2 Å². The van der Waals surface area contributed by atoms with Gasteiger partial charge in [0.05, 0.1) is 5.75 Å². The van der Waals surface area contributed by atoms with Crippen molar-refractivity contribution in [3.63, 3.8) is 0 Å². The third-order valence-corrected chi connectivity index (χ3v) is 3.21. The minimum atomic E-state index is -1.01.